The van der Waals surface area contributed by atoms with Crippen molar-refractivity contribution in [3.63, 3.8) is 0 Å². The van der Waals surface area contributed by atoms with E-state index in [0.29, 0.717) is 45.6 Å². The molecular weight excluding hydrogens is 462 g/mol. The third-order valence-electron chi connectivity index (χ3n) is 5.29. The maximum absolute atomic E-state index is 12.5. The standard InChI is InChI=1S/C24H29N3O6.ClH/c1-13(2)21(25)24(28)27-17-9-14(7-8-18(17)29-3)16-12-26-33-22(16)15-10-19(30-4)23(32-6)20(11-15)31-5;/h7-13,21H,25H2,1-6H3,(H,27,28);1H. The Bertz CT molecular complexity index is 1110. The second kappa shape index (κ2) is 11.6. The second-order valence-electron chi connectivity index (χ2n) is 7.66. The van der Waals surface area contributed by atoms with Crippen LogP contribution >= 0.6 is 12.4 Å². The van der Waals surface area contributed by atoms with Crippen LogP contribution in [0.3, 0.4) is 0 Å². The fourth-order valence-corrected chi connectivity index (χ4v) is 3.36. The Balaban J connectivity index is 0.00000408. The number of anilines is 1. The topological polar surface area (TPSA) is 118 Å². The van der Waals surface area contributed by atoms with Crippen LogP contribution in [-0.4, -0.2) is 45.5 Å². The van der Waals surface area contributed by atoms with Gasteiger partial charge in [-0.25, -0.2) is 0 Å². The van der Waals surface area contributed by atoms with Gasteiger partial charge in [-0.1, -0.05) is 25.1 Å². The summed E-state index contributed by atoms with van der Waals surface area (Å²) in [4.78, 5) is 12.5. The average Bonchev–Trinajstić information content (AvgIpc) is 3.32. The number of amides is 1. The Morgan fingerprint density at radius 1 is 0.941 bits per heavy atom. The number of nitrogens with zero attached hydrogens (tertiary/aromatic N) is 1. The Morgan fingerprint density at radius 3 is 2.09 bits per heavy atom. The lowest BCUT2D eigenvalue weighted by Crippen LogP contribution is -2.39. The monoisotopic (exact) mass is 491 g/mol. The summed E-state index contributed by atoms with van der Waals surface area (Å²) in [6.07, 6.45) is 1.60. The molecule has 3 rings (SSSR count). The highest BCUT2D eigenvalue weighted by Gasteiger charge is 2.22. The van der Waals surface area contributed by atoms with Crippen LogP contribution in [0.2, 0.25) is 0 Å². The van der Waals surface area contributed by atoms with E-state index in [4.69, 9.17) is 29.2 Å². The number of hydrogen-bond donors (Lipinski definition) is 2. The molecule has 2 aromatic carbocycles. The fraction of sp³-hybridized carbons (Fsp3) is 0.333. The first-order valence-electron chi connectivity index (χ1n) is 10.3. The molecule has 0 radical (unpaired) electrons. The van der Waals surface area contributed by atoms with Crippen LogP contribution in [0.4, 0.5) is 5.69 Å². The van der Waals surface area contributed by atoms with Gasteiger partial charge < -0.3 is 34.5 Å². The summed E-state index contributed by atoms with van der Waals surface area (Å²) in [7, 11) is 6.16. The molecule has 34 heavy (non-hydrogen) atoms. The van der Waals surface area contributed by atoms with Gasteiger partial charge in [-0.2, -0.15) is 0 Å². The lowest BCUT2D eigenvalue weighted by Gasteiger charge is -2.17. The van der Waals surface area contributed by atoms with Crippen LogP contribution in [0.15, 0.2) is 41.1 Å². The number of carbonyl (C=O) groups is 1. The van der Waals surface area contributed by atoms with Crippen LogP contribution in [0.5, 0.6) is 23.0 Å². The molecule has 9 nitrogen and oxygen atoms in total. The summed E-state index contributed by atoms with van der Waals surface area (Å²) in [6.45, 7) is 3.78. The molecule has 10 heteroatoms. The SMILES string of the molecule is COc1ccc(-c2cnoc2-c2cc(OC)c(OC)c(OC)c2)cc1NC(=O)C(N)C(C)C.Cl. The molecular formula is C24H30ClN3O6. The van der Waals surface area contributed by atoms with Gasteiger partial charge in [0.05, 0.1) is 46.4 Å². The van der Waals surface area contributed by atoms with Gasteiger partial charge in [0, 0.05) is 11.1 Å². The zero-order chi connectivity index (χ0) is 24.1. The van der Waals surface area contributed by atoms with Crippen molar-refractivity contribution in [2.75, 3.05) is 33.8 Å². The molecule has 0 fully saturated rings. The van der Waals surface area contributed by atoms with Gasteiger partial charge >= 0.3 is 0 Å². The second-order valence-corrected chi connectivity index (χ2v) is 7.66. The minimum atomic E-state index is -0.649. The minimum absolute atomic E-state index is 0. The summed E-state index contributed by atoms with van der Waals surface area (Å²) in [5.74, 6) is 2.14. The minimum Gasteiger partial charge on any atom is -0.495 e. The van der Waals surface area contributed by atoms with Crippen LogP contribution in [-0.2, 0) is 4.79 Å². The van der Waals surface area contributed by atoms with Crippen molar-refractivity contribution in [3.8, 4) is 45.4 Å². The largest absolute Gasteiger partial charge is 0.495 e. The van der Waals surface area contributed by atoms with Gasteiger partial charge in [0.15, 0.2) is 17.3 Å². The first kappa shape index (κ1) is 26.8. The van der Waals surface area contributed by atoms with Crippen molar-refractivity contribution in [1.82, 2.24) is 5.16 Å². The Morgan fingerprint density at radius 2 is 1.56 bits per heavy atom. The van der Waals surface area contributed by atoms with Crippen LogP contribution in [0, 0.1) is 5.92 Å². The molecule has 1 amide bonds. The summed E-state index contributed by atoms with van der Waals surface area (Å²) >= 11 is 0. The molecule has 0 saturated heterocycles. The van der Waals surface area contributed by atoms with Crippen molar-refractivity contribution in [3.05, 3.63) is 36.5 Å². The molecule has 3 N–H and O–H groups in total. The van der Waals surface area contributed by atoms with E-state index in [0.717, 1.165) is 5.56 Å². The molecule has 0 aliphatic heterocycles. The number of halogens is 1. The van der Waals surface area contributed by atoms with Gasteiger partial charge in [0.1, 0.15) is 5.75 Å². The average molecular weight is 492 g/mol. The van der Waals surface area contributed by atoms with E-state index < -0.39 is 6.04 Å². The third-order valence-corrected chi connectivity index (χ3v) is 5.29. The van der Waals surface area contributed by atoms with Crippen LogP contribution < -0.4 is 30.0 Å². The van der Waals surface area contributed by atoms with Crippen molar-refractivity contribution >= 4 is 24.0 Å². The lowest BCUT2D eigenvalue weighted by molar-refractivity contribution is -0.118. The number of hydrogen-bond acceptors (Lipinski definition) is 8. The summed E-state index contributed by atoms with van der Waals surface area (Å²) in [6, 6.07) is 8.31. The Labute approximate surface area is 204 Å². The number of rotatable bonds is 9. The predicted octanol–water partition coefficient (Wildman–Crippen LogP) is 4.39. The third kappa shape index (κ3) is 5.37. The fourth-order valence-electron chi connectivity index (χ4n) is 3.36. The van der Waals surface area contributed by atoms with E-state index >= 15 is 0 Å². The van der Waals surface area contributed by atoms with Crippen molar-refractivity contribution in [2.45, 2.75) is 19.9 Å². The number of aromatic nitrogens is 1. The number of carbonyl (C=O) groups excluding carboxylic acids is 1. The number of nitrogens with one attached hydrogen (secondary N) is 1. The number of methoxy groups -OCH3 is 4. The van der Waals surface area contributed by atoms with Crippen molar-refractivity contribution in [2.24, 2.45) is 11.7 Å². The Kier molecular flexibility index (Phi) is 9.17. The van der Waals surface area contributed by atoms with E-state index in [2.05, 4.69) is 10.5 Å². The van der Waals surface area contributed by atoms with E-state index in [1.54, 1.807) is 44.7 Å². The normalized spacial score (nSPS) is 11.4. The number of nitrogens with two attached hydrogens (primary N) is 1. The maximum atomic E-state index is 12.5. The summed E-state index contributed by atoms with van der Waals surface area (Å²) < 4.78 is 27.3. The zero-order valence-electron chi connectivity index (χ0n) is 20.0. The highest BCUT2D eigenvalue weighted by molar-refractivity contribution is 5.97. The number of ether oxygens (including phenoxy) is 4. The van der Waals surface area contributed by atoms with Crippen LogP contribution in [0.1, 0.15) is 13.8 Å². The van der Waals surface area contributed by atoms with Gasteiger partial charge in [-0.15, -0.1) is 12.4 Å². The Hall–Kier alpha value is -3.43. The lowest BCUT2D eigenvalue weighted by atomic mass is 10.0. The van der Waals surface area contributed by atoms with Gasteiger partial charge in [0.2, 0.25) is 11.7 Å². The van der Waals surface area contributed by atoms with Crippen LogP contribution in [0.25, 0.3) is 22.5 Å². The highest BCUT2D eigenvalue weighted by Crippen LogP contribution is 2.44. The molecule has 0 bridgehead atoms. The molecule has 1 unspecified atom stereocenters. The molecule has 0 aliphatic rings. The summed E-state index contributed by atoms with van der Waals surface area (Å²) in [5, 5.41) is 6.85. The molecule has 1 aromatic heterocycles. The maximum Gasteiger partial charge on any atom is 0.241 e. The van der Waals surface area contributed by atoms with E-state index in [1.807, 2.05) is 19.9 Å². The predicted molar refractivity (Wildman–Crippen MR) is 132 cm³/mol. The molecule has 0 spiro atoms. The van der Waals surface area contributed by atoms with E-state index in [-0.39, 0.29) is 24.2 Å². The van der Waals surface area contributed by atoms with Crippen molar-refractivity contribution < 1.29 is 28.3 Å². The molecule has 1 atom stereocenters. The molecule has 184 valence electrons. The van der Waals surface area contributed by atoms with Gasteiger partial charge in [-0.05, 0) is 35.7 Å². The number of benzene rings is 2. The zero-order valence-corrected chi connectivity index (χ0v) is 20.8. The molecule has 0 aliphatic carbocycles. The molecule has 0 saturated carbocycles. The molecule has 3 aromatic rings. The summed E-state index contributed by atoms with van der Waals surface area (Å²) in [5.41, 5.74) is 8.64. The quantitative estimate of drug-likeness (QED) is 0.452. The first-order valence-corrected chi connectivity index (χ1v) is 10.3. The highest BCUT2D eigenvalue weighted by atomic mass is 35.5. The van der Waals surface area contributed by atoms with E-state index in [9.17, 15) is 4.79 Å². The van der Waals surface area contributed by atoms with Gasteiger partial charge in [0.25, 0.3) is 0 Å². The van der Waals surface area contributed by atoms with Gasteiger partial charge in [-0.3, -0.25) is 4.79 Å². The van der Waals surface area contributed by atoms with E-state index in [1.165, 1.54) is 14.2 Å². The first-order chi connectivity index (χ1) is 15.8. The molecule has 1 heterocycles. The van der Waals surface area contributed by atoms with Crippen molar-refractivity contribution in [1.29, 1.82) is 0 Å². The smallest absolute Gasteiger partial charge is 0.241 e.